The van der Waals surface area contributed by atoms with Gasteiger partial charge >= 0.3 is 0 Å². The zero-order valence-corrected chi connectivity index (χ0v) is 28.1. The molecule has 0 saturated carbocycles. The Morgan fingerprint density at radius 1 is 0.886 bits per heavy atom. The van der Waals surface area contributed by atoms with Gasteiger partial charge < -0.3 is 10.2 Å². The number of hydrogen-bond donors (Lipinski definition) is 1. The third kappa shape index (κ3) is 8.21. The highest BCUT2D eigenvalue weighted by molar-refractivity contribution is 9.10. The lowest BCUT2D eigenvalue weighted by molar-refractivity contribution is -0.140. The SMILES string of the molecule is CCNC(=O)[C@H](Cc1ccccc1)N(Cc1cccc(Br)c1)C(=O)CN(c1cccc(Cl)c1Cl)S(=O)(=O)c1ccc(C)cc1. The highest BCUT2D eigenvalue weighted by atomic mass is 79.9. The molecule has 4 aromatic rings. The van der Waals surface area contributed by atoms with Gasteiger partial charge in [-0.1, -0.05) is 105 Å². The Labute approximate surface area is 277 Å². The number of nitrogens with zero attached hydrogens (tertiary/aromatic N) is 2. The molecule has 1 atom stereocenters. The number of nitrogens with one attached hydrogen (secondary N) is 1. The molecular formula is C33H32BrCl2N3O4S. The number of halogens is 3. The van der Waals surface area contributed by atoms with Crippen LogP contribution in [-0.4, -0.2) is 44.3 Å². The lowest BCUT2D eigenvalue weighted by Crippen LogP contribution is -2.53. The van der Waals surface area contributed by atoms with Gasteiger partial charge in [0.25, 0.3) is 10.0 Å². The molecule has 44 heavy (non-hydrogen) atoms. The van der Waals surface area contributed by atoms with Crippen molar-refractivity contribution < 1.29 is 18.0 Å². The van der Waals surface area contributed by atoms with Gasteiger partial charge in [0.05, 0.1) is 20.6 Å². The van der Waals surface area contributed by atoms with Crippen LogP contribution in [0.25, 0.3) is 0 Å². The molecule has 0 saturated heterocycles. The van der Waals surface area contributed by atoms with E-state index in [2.05, 4.69) is 21.2 Å². The van der Waals surface area contributed by atoms with Crippen molar-refractivity contribution in [3.8, 4) is 0 Å². The molecular weight excluding hydrogens is 685 g/mol. The monoisotopic (exact) mass is 715 g/mol. The van der Waals surface area contributed by atoms with Crippen molar-refractivity contribution in [2.24, 2.45) is 0 Å². The first-order valence-corrected chi connectivity index (χ1v) is 16.9. The molecule has 0 unspecified atom stereocenters. The van der Waals surface area contributed by atoms with Gasteiger partial charge in [-0.15, -0.1) is 0 Å². The van der Waals surface area contributed by atoms with Gasteiger partial charge in [0.15, 0.2) is 0 Å². The summed E-state index contributed by atoms with van der Waals surface area (Å²) < 4.78 is 30.0. The van der Waals surface area contributed by atoms with Gasteiger partial charge in [-0.2, -0.15) is 0 Å². The minimum atomic E-state index is -4.30. The van der Waals surface area contributed by atoms with Crippen LogP contribution in [0.4, 0.5) is 5.69 Å². The third-order valence-corrected chi connectivity index (χ3v) is 10.0. The van der Waals surface area contributed by atoms with E-state index in [0.29, 0.717) is 6.54 Å². The van der Waals surface area contributed by atoms with Crippen LogP contribution in [0.5, 0.6) is 0 Å². The highest BCUT2D eigenvalue weighted by Gasteiger charge is 2.35. The zero-order chi connectivity index (χ0) is 31.9. The van der Waals surface area contributed by atoms with E-state index in [1.165, 1.54) is 29.2 Å². The summed E-state index contributed by atoms with van der Waals surface area (Å²) in [6, 6.07) is 26.7. The van der Waals surface area contributed by atoms with E-state index >= 15 is 0 Å². The first kappa shape index (κ1) is 33.5. The van der Waals surface area contributed by atoms with Crippen molar-refractivity contribution in [2.45, 2.75) is 37.8 Å². The van der Waals surface area contributed by atoms with Crippen LogP contribution in [0.15, 0.2) is 106 Å². The van der Waals surface area contributed by atoms with Gasteiger partial charge in [-0.25, -0.2) is 8.42 Å². The van der Waals surface area contributed by atoms with E-state index in [-0.39, 0.29) is 39.5 Å². The maximum absolute atomic E-state index is 14.4. The minimum Gasteiger partial charge on any atom is -0.355 e. The molecule has 230 valence electrons. The van der Waals surface area contributed by atoms with Crippen LogP contribution >= 0.6 is 39.1 Å². The maximum atomic E-state index is 14.4. The fraction of sp³-hybridized carbons (Fsp3) is 0.212. The van der Waals surface area contributed by atoms with Crippen LogP contribution in [-0.2, 0) is 32.6 Å². The molecule has 0 aromatic heterocycles. The van der Waals surface area contributed by atoms with Crippen molar-refractivity contribution in [3.05, 3.63) is 128 Å². The van der Waals surface area contributed by atoms with E-state index in [1.54, 1.807) is 25.1 Å². The van der Waals surface area contributed by atoms with E-state index in [9.17, 15) is 18.0 Å². The molecule has 0 heterocycles. The number of carbonyl (C=O) groups is 2. The largest absolute Gasteiger partial charge is 0.355 e. The molecule has 4 rings (SSSR count). The summed E-state index contributed by atoms with van der Waals surface area (Å²) in [5, 5.41) is 2.97. The Morgan fingerprint density at radius 3 is 2.20 bits per heavy atom. The molecule has 4 aromatic carbocycles. The minimum absolute atomic E-state index is 0.0132. The fourth-order valence-electron chi connectivity index (χ4n) is 4.71. The summed E-state index contributed by atoms with van der Waals surface area (Å²) in [5.74, 6) is -0.947. The summed E-state index contributed by atoms with van der Waals surface area (Å²) in [6.07, 6.45) is 0.217. The quantitative estimate of drug-likeness (QED) is 0.171. The number of likely N-dealkylation sites (N-methyl/N-ethyl adjacent to an activating group) is 1. The Hall–Kier alpha value is -3.37. The van der Waals surface area contributed by atoms with Gasteiger partial charge in [0.1, 0.15) is 12.6 Å². The number of benzene rings is 4. The number of aryl methyl sites for hydroxylation is 1. The molecule has 0 fully saturated rings. The van der Waals surface area contributed by atoms with Crippen molar-refractivity contribution in [1.29, 1.82) is 0 Å². The average Bonchev–Trinajstić information content (AvgIpc) is 3.00. The summed E-state index contributed by atoms with van der Waals surface area (Å²) >= 11 is 16.3. The van der Waals surface area contributed by atoms with E-state index in [0.717, 1.165) is 25.5 Å². The third-order valence-electron chi connectivity index (χ3n) is 6.95. The topological polar surface area (TPSA) is 86.8 Å². The van der Waals surface area contributed by atoms with Crippen molar-refractivity contribution in [3.63, 3.8) is 0 Å². The van der Waals surface area contributed by atoms with E-state index in [4.69, 9.17) is 23.2 Å². The average molecular weight is 718 g/mol. The summed E-state index contributed by atoms with van der Waals surface area (Å²) in [4.78, 5) is 29.4. The number of carbonyl (C=O) groups excluding carboxylic acids is 2. The van der Waals surface area contributed by atoms with Crippen molar-refractivity contribution in [2.75, 3.05) is 17.4 Å². The first-order valence-electron chi connectivity index (χ1n) is 13.9. The van der Waals surface area contributed by atoms with Crippen LogP contribution in [0.1, 0.15) is 23.6 Å². The zero-order valence-electron chi connectivity index (χ0n) is 24.2. The lowest BCUT2D eigenvalue weighted by Gasteiger charge is -2.34. The summed E-state index contributed by atoms with van der Waals surface area (Å²) in [5.41, 5.74) is 2.52. The first-order chi connectivity index (χ1) is 21.0. The molecule has 0 bridgehead atoms. The lowest BCUT2D eigenvalue weighted by atomic mass is 10.0. The maximum Gasteiger partial charge on any atom is 0.264 e. The predicted octanol–water partition coefficient (Wildman–Crippen LogP) is 7.04. The van der Waals surface area contributed by atoms with Gasteiger partial charge in [0.2, 0.25) is 11.8 Å². The van der Waals surface area contributed by atoms with Crippen molar-refractivity contribution >= 4 is 66.7 Å². The Bertz CT molecular complexity index is 1720. The van der Waals surface area contributed by atoms with Gasteiger partial charge in [-0.3, -0.25) is 13.9 Å². The van der Waals surface area contributed by atoms with E-state index in [1.807, 2.05) is 61.5 Å². The molecule has 0 aliphatic heterocycles. The summed E-state index contributed by atoms with van der Waals surface area (Å²) in [6.45, 7) is 3.42. The predicted molar refractivity (Wildman–Crippen MR) is 179 cm³/mol. The molecule has 0 aliphatic carbocycles. The number of hydrogen-bond acceptors (Lipinski definition) is 4. The number of anilines is 1. The van der Waals surface area contributed by atoms with Crippen molar-refractivity contribution in [1.82, 2.24) is 10.2 Å². The van der Waals surface area contributed by atoms with Gasteiger partial charge in [-0.05, 0) is 61.4 Å². The second-order valence-electron chi connectivity index (χ2n) is 10.1. The summed E-state index contributed by atoms with van der Waals surface area (Å²) in [7, 11) is -4.30. The Morgan fingerprint density at radius 2 is 1.55 bits per heavy atom. The van der Waals surface area contributed by atoms with Crippen LogP contribution in [0.3, 0.4) is 0 Å². The smallest absolute Gasteiger partial charge is 0.264 e. The van der Waals surface area contributed by atoms with Crippen LogP contribution < -0.4 is 9.62 Å². The number of sulfonamides is 1. The Kier molecular flexibility index (Phi) is 11.5. The normalized spacial score (nSPS) is 11.9. The van der Waals surface area contributed by atoms with E-state index < -0.39 is 28.5 Å². The molecule has 0 spiro atoms. The standard InChI is InChI=1S/C33H32BrCl2N3O4S/c1-3-37-33(41)30(20-24-9-5-4-6-10-24)38(21-25-11-7-12-26(34)19-25)31(40)22-39(29-14-8-13-28(35)32(29)36)44(42,43)27-17-15-23(2)16-18-27/h4-19,30H,3,20-22H2,1-2H3,(H,37,41)/t30-/m0/s1. The molecule has 11 heteroatoms. The number of rotatable bonds is 12. The fourth-order valence-corrected chi connectivity index (χ4v) is 7.03. The molecule has 1 N–H and O–H groups in total. The Balaban J connectivity index is 1.83. The van der Waals surface area contributed by atoms with Crippen LogP contribution in [0, 0.1) is 6.92 Å². The molecule has 2 amide bonds. The number of amides is 2. The molecule has 0 aliphatic rings. The van der Waals surface area contributed by atoms with Gasteiger partial charge in [0, 0.05) is 24.0 Å². The highest BCUT2D eigenvalue weighted by Crippen LogP contribution is 2.35. The molecule has 7 nitrogen and oxygen atoms in total. The second-order valence-corrected chi connectivity index (χ2v) is 13.7. The van der Waals surface area contributed by atoms with Crippen LogP contribution in [0.2, 0.25) is 10.0 Å². The molecule has 0 radical (unpaired) electrons. The second kappa shape index (κ2) is 15.1.